The number of hydrogen-bond acceptors (Lipinski definition) is 2. The van der Waals surface area contributed by atoms with Gasteiger partial charge >= 0.3 is 0 Å². The molecule has 1 heterocycles. The van der Waals surface area contributed by atoms with Gasteiger partial charge in [-0.15, -0.1) is 0 Å². The lowest BCUT2D eigenvalue weighted by molar-refractivity contribution is -0.116. The molecule has 0 unspecified atom stereocenters. The molecule has 0 bridgehead atoms. The molecule has 0 fully saturated rings. The molecule has 1 amide bonds. The summed E-state index contributed by atoms with van der Waals surface area (Å²) in [7, 11) is 0. The molecule has 23 heavy (non-hydrogen) atoms. The molecule has 0 aliphatic rings. The first kappa shape index (κ1) is 17.0. The molecular formula is C19H24N2O2. The molecule has 0 aliphatic carbocycles. The Morgan fingerprint density at radius 2 is 1.87 bits per heavy atom. The molecule has 0 spiro atoms. The number of nitrogens with one attached hydrogen (secondary N) is 1. The minimum Gasteiger partial charge on any atom is -0.326 e. The fourth-order valence-electron chi connectivity index (χ4n) is 2.42. The lowest BCUT2D eigenvalue weighted by atomic mass is 10.1. The fraction of sp³-hybridized carbons (Fsp3) is 0.368. The number of pyridine rings is 1. The molecule has 0 radical (unpaired) electrons. The number of nitrogens with zero attached hydrogens (tertiary/aromatic N) is 1. The lowest BCUT2D eigenvalue weighted by Crippen LogP contribution is -2.21. The maximum absolute atomic E-state index is 12.0. The number of rotatable bonds is 8. The van der Waals surface area contributed by atoms with Crippen molar-refractivity contribution in [1.29, 1.82) is 0 Å². The van der Waals surface area contributed by atoms with Crippen LogP contribution in [0.1, 0.15) is 38.2 Å². The predicted molar refractivity (Wildman–Crippen MR) is 93.6 cm³/mol. The SMILES string of the molecule is CCCCCc1ccc(NC(=O)CCn2ccccc2=O)cc1. The normalized spacial score (nSPS) is 10.5. The first-order chi connectivity index (χ1) is 11.2. The van der Waals surface area contributed by atoms with Gasteiger partial charge in [0.2, 0.25) is 5.91 Å². The Balaban J connectivity index is 1.81. The van der Waals surface area contributed by atoms with Crippen LogP contribution in [0.2, 0.25) is 0 Å². The van der Waals surface area contributed by atoms with E-state index < -0.39 is 0 Å². The van der Waals surface area contributed by atoms with E-state index >= 15 is 0 Å². The van der Waals surface area contributed by atoms with Gasteiger partial charge in [0.1, 0.15) is 0 Å². The Morgan fingerprint density at radius 1 is 1.09 bits per heavy atom. The van der Waals surface area contributed by atoms with Crippen LogP contribution in [0.25, 0.3) is 0 Å². The van der Waals surface area contributed by atoms with Gasteiger partial charge in [-0.1, -0.05) is 38.0 Å². The summed E-state index contributed by atoms with van der Waals surface area (Å²) >= 11 is 0. The van der Waals surface area contributed by atoms with Crippen LogP contribution in [0.5, 0.6) is 0 Å². The van der Waals surface area contributed by atoms with Gasteiger partial charge < -0.3 is 9.88 Å². The van der Waals surface area contributed by atoms with Crippen LogP contribution in [0, 0.1) is 0 Å². The van der Waals surface area contributed by atoms with Crippen molar-refractivity contribution in [2.75, 3.05) is 5.32 Å². The van der Waals surface area contributed by atoms with Gasteiger partial charge in [-0.3, -0.25) is 9.59 Å². The van der Waals surface area contributed by atoms with E-state index in [0.717, 1.165) is 12.1 Å². The first-order valence-corrected chi connectivity index (χ1v) is 8.23. The third-order valence-electron chi connectivity index (χ3n) is 3.79. The zero-order valence-corrected chi connectivity index (χ0v) is 13.6. The molecule has 0 saturated heterocycles. The lowest BCUT2D eigenvalue weighted by Gasteiger charge is -2.08. The molecular weight excluding hydrogens is 288 g/mol. The van der Waals surface area contributed by atoms with E-state index in [9.17, 15) is 9.59 Å². The van der Waals surface area contributed by atoms with Gasteiger partial charge in [-0.25, -0.2) is 0 Å². The summed E-state index contributed by atoms with van der Waals surface area (Å²) in [4.78, 5) is 23.5. The van der Waals surface area contributed by atoms with Crippen molar-refractivity contribution in [3.8, 4) is 0 Å². The van der Waals surface area contributed by atoms with E-state index in [4.69, 9.17) is 0 Å². The Morgan fingerprint density at radius 3 is 2.57 bits per heavy atom. The number of benzene rings is 1. The van der Waals surface area contributed by atoms with Crippen LogP contribution in [0.4, 0.5) is 5.69 Å². The highest BCUT2D eigenvalue weighted by molar-refractivity contribution is 5.90. The van der Waals surface area contributed by atoms with Crippen LogP contribution in [-0.4, -0.2) is 10.5 Å². The monoisotopic (exact) mass is 312 g/mol. The van der Waals surface area contributed by atoms with Crippen LogP contribution in [0.15, 0.2) is 53.5 Å². The Bertz CT molecular complexity index is 674. The Labute approximate surface area is 137 Å². The topological polar surface area (TPSA) is 51.1 Å². The van der Waals surface area contributed by atoms with Gasteiger partial charge in [0, 0.05) is 30.9 Å². The summed E-state index contributed by atoms with van der Waals surface area (Å²) in [6.07, 6.45) is 6.73. The minimum absolute atomic E-state index is 0.0838. The van der Waals surface area contributed by atoms with E-state index in [1.54, 1.807) is 18.3 Å². The third kappa shape index (κ3) is 5.74. The molecule has 2 aromatic rings. The minimum atomic E-state index is -0.0864. The maximum Gasteiger partial charge on any atom is 0.250 e. The molecule has 0 atom stereocenters. The first-order valence-electron chi connectivity index (χ1n) is 8.23. The Hall–Kier alpha value is -2.36. The highest BCUT2D eigenvalue weighted by Crippen LogP contribution is 2.12. The van der Waals surface area contributed by atoms with Crippen molar-refractivity contribution < 1.29 is 4.79 Å². The molecule has 4 nitrogen and oxygen atoms in total. The number of hydrogen-bond donors (Lipinski definition) is 1. The summed E-state index contributed by atoms with van der Waals surface area (Å²) in [5.74, 6) is -0.0838. The van der Waals surface area contributed by atoms with Crippen molar-refractivity contribution >= 4 is 11.6 Å². The summed E-state index contributed by atoms with van der Waals surface area (Å²) in [5.41, 5.74) is 2.01. The van der Waals surface area contributed by atoms with E-state index in [1.807, 2.05) is 12.1 Å². The summed E-state index contributed by atoms with van der Waals surface area (Å²) in [6, 6.07) is 13.0. The van der Waals surface area contributed by atoms with E-state index in [0.29, 0.717) is 6.54 Å². The number of aryl methyl sites for hydroxylation is 2. The summed E-state index contributed by atoms with van der Waals surface area (Å²) in [5, 5.41) is 2.87. The van der Waals surface area contributed by atoms with Crippen LogP contribution < -0.4 is 10.9 Å². The van der Waals surface area contributed by atoms with Crippen molar-refractivity contribution in [3.05, 3.63) is 64.6 Å². The van der Waals surface area contributed by atoms with Crippen LogP contribution >= 0.6 is 0 Å². The molecule has 2 rings (SSSR count). The van der Waals surface area contributed by atoms with Gasteiger partial charge in [0.25, 0.3) is 5.56 Å². The average molecular weight is 312 g/mol. The van der Waals surface area contributed by atoms with Crippen molar-refractivity contribution in [2.45, 2.75) is 45.6 Å². The highest BCUT2D eigenvalue weighted by Gasteiger charge is 2.04. The standard InChI is InChI=1S/C19H24N2O2/c1-2-3-4-7-16-9-11-17(12-10-16)20-18(22)13-15-21-14-6-5-8-19(21)23/h5-6,8-12,14H,2-4,7,13,15H2,1H3,(H,20,22). The zero-order chi connectivity index (χ0) is 16.5. The number of amides is 1. The number of anilines is 1. The maximum atomic E-state index is 12.0. The van der Waals surface area contributed by atoms with E-state index in [-0.39, 0.29) is 17.9 Å². The number of carbonyl (C=O) groups excluding carboxylic acids is 1. The summed E-state index contributed by atoms with van der Waals surface area (Å²) < 4.78 is 1.54. The van der Waals surface area contributed by atoms with Gasteiger partial charge in [-0.2, -0.15) is 0 Å². The number of carbonyl (C=O) groups is 1. The molecule has 0 aliphatic heterocycles. The number of unbranched alkanes of at least 4 members (excludes halogenated alkanes) is 2. The van der Waals surface area contributed by atoms with Crippen LogP contribution in [0.3, 0.4) is 0 Å². The quantitative estimate of drug-likeness (QED) is 0.757. The zero-order valence-electron chi connectivity index (χ0n) is 13.6. The average Bonchev–Trinajstić information content (AvgIpc) is 2.56. The predicted octanol–water partition coefficient (Wildman–Crippen LogP) is 3.61. The van der Waals surface area contributed by atoms with Gasteiger partial charge in [0.15, 0.2) is 0 Å². The van der Waals surface area contributed by atoms with Gasteiger partial charge in [-0.05, 0) is 36.6 Å². The second-order valence-electron chi connectivity index (χ2n) is 5.68. The van der Waals surface area contributed by atoms with Crippen molar-refractivity contribution in [1.82, 2.24) is 4.57 Å². The second-order valence-corrected chi connectivity index (χ2v) is 5.68. The smallest absolute Gasteiger partial charge is 0.250 e. The fourth-order valence-corrected chi connectivity index (χ4v) is 2.42. The highest BCUT2D eigenvalue weighted by atomic mass is 16.1. The molecule has 1 N–H and O–H groups in total. The van der Waals surface area contributed by atoms with Crippen molar-refractivity contribution in [2.24, 2.45) is 0 Å². The Kier molecular flexibility index (Phi) is 6.60. The van der Waals surface area contributed by atoms with E-state index in [1.165, 1.54) is 35.5 Å². The number of aromatic nitrogens is 1. The largest absolute Gasteiger partial charge is 0.326 e. The second kappa shape index (κ2) is 8.93. The van der Waals surface area contributed by atoms with Gasteiger partial charge in [0.05, 0.1) is 0 Å². The molecule has 4 heteroatoms. The molecule has 0 saturated carbocycles. The molecule has 1 aromatic carbocycles. The van der Waals surface area contributed by atoms with Crippen molar-refractivity contribution in [3.63, 3.8) is 0 Å². The molecule has 122 valence electrons. The molecule has 1 aromatic heterocycles. The van der Waals surface area contributed by atoms with E-state index in [2.05, 4.69) is 24.4 Å². The third-order valence-corrected chi connectivity index (χ3v) is 3.79. The summed E-state index contributed by atoms with van der Waals surface area (Å²) in [6.45, 7) is 2.59. The van der Waals surface area contributed by atoms with Crippen LogP contribution in [-0.2, 0) is 17.8 Å².